The number of benzene rings is 1. The number of nitrogens with one attached hydrogen (secondary N) is 6. The van der Waals surface area contributed by atoms with Gasteiger partial charge < -0.3 is 68.9 Å². The number of halogens is 3. The molecule has 0 aliphatic heterocycles. The number of guanidine groups is 1. The third-order valence-corrected chi connectivity index (χ3v) is 11.3. The molecule has 0 spiro atoms. The van der Waals surface area contributed by atoms with Crippen molar-refractivity contribution in [3.05, 3.63) is 35.9 Å². The van der Waals surface area contributed by atoms with Crippen molar-refractivity contribution in [2.75, 3.05) is 6.54 Å². The number of nitrogens with two attached hydrogens (primary N) is 2. The SMILES string of the molecule is CCCCCCCCCCCCCC(=O)N[C@@H](Cc1ccccc1)C(=O)N[C@@H](CCC(=O)O)C(=O)N[C@@H](CCC(=O)O)C(=O)N[C@@H](CCC(=O)O)C(=O)N[C@@H](CCCN=C(N)N)C(=O)N[C@@H](C)C(=O)O.O=C(O)C(F)(F)F. The maximum atomic E-state index is 13.9. The summed E-state index contributed by atoms with van der Waals surface area (Å²) in [5.74, 6) is -14.2. The van der Waals surface area contributed by atoms with Gasteiger partial charge in [0.2, 0.25) is 35.4 Å². The highest BCUT2D eigenvalue weighted by atomic mass is 19.4. The number of unbranched alkanes of at least 4 members (excludes halogenated alkanes) is 10. The molecule has 6 amide bonds. The summed E-state index contributed by atoms with van der Waals surface area (Å²) in [6, 6.07) is -0.554. The fraction of sp³-hybridized carbons (Fsp3) is 0.633. The fourth-order valence-electron chi connectivity index (χ4n) is 7.12. The molecule has 0 heterocycles. The van der Waals surface area contributed by atoms with Crippen LogP contribution in [-0.2, 0) is 59.2 Å². The van der Waals surface area contributed by atoms with E-state index in [1.165, 1.54) is 45.4 Å². The molecule has 6 atom stereocenters. The molecule has 0 fully saturated rings. The molecule has 1 rings (SSSR count). The maximum Gasteiger partial charge on any atom is 0.490 e. The van der Waals surface area contributed by atoms with Crippen molar-refractivity contribution in [3.63, 3.8) is 0 Å². The lowest BCUT2D eigenvalue weighted by atomic mass is 10.0. The number of carboxylic acids is 5. The molecule has 434 valence electrons. The first-order valence-corrected chi connectivity index (χ1v) is 25.3. The Balaban J connectivity index is 0.00000767. The van der Waals surface area contributed by atoms with Crippen LogP contribution >= 0.6 is 0 Å². The van der Waals surface area contributed by atoms with Crippen LogP contribution in [0.3, 0.4) is 0 Å². The first-order chi connectivity index (χ1) is 36.2. The molecule has 0 saturated carbocycles. The predicted molar refractivity (Wildman–Crippen MR) is 270 cm³/mol. The summed E-state index contributed by atoms with van der Waals surface area (Å²) < 4.78 is 31.7. The monoisotopic (exact) mass is 1100 g/mol. The molecule has 77 heavy (non-hydrogen) atoms. The molecule has 1 aromatic rings. The second-order valence-corrected chi connectivity index (χ2v) is 18.0. The predicted octanol–water partition coefficient (Wildman–Crippen LogP) is 2.22. The number of alkyl halides is 3. The van der Waals surface area contributed by atoms with Gasteiger partial charge in [-0.2, -0.15) is 13.2 Å². The van der Waals surface area contributed by atoms with Crippen LogP contribution in [0.2, 0.25) is 0 Å². The minimum atomic E-state index is -5.08. The van der Waals surface area contributed by atoms with Crippen molar-refractivity contribution >= 4 is 71.2 Å². The third kappa shape index (κ3) is 34.6. The van der Waals surface area contributed by atoms with E-state index in [1.807, 2.05) is 0 Å². The van der Waals surface area contributed by atoms with Gasteiger partial charge >= 0.3 is 36.0 Å². The van der Waals surface area contributed by atoms with E-state index < -0.39 is 146 Å². The van der Waals surface area contributed by atoms with Crippen LogP contribution in [0.5, 0.6) is 0 Å². The Bertz CT molecular complexity index is 2100. The lowest BCUT2D eigenvalue weighted by Crippen LogP contribution is -2.59. The lowest BCUT2D eigenvalue weighted by molar-refractivity contribution is -0.192. The minimum Gasteiger partial charge on any atom is -0.481 e. The zero-order valence-corrected chi connectivity index (χ0v) is 43.4. The molecule has 0 bridgehead atoms. The molecule has 0 radical (unpaired) electrons. The van der Waals surface area contributed by atoms with Crippen LogP contribution in [0.25, 0.3) is 0 Å². The summed E-state index contributed by atoms with van der Waals surface area (Å²) in [6.45, 7) is 3.34. The topological polar surface area (TPSA) is 425 Å². The second kappa shape index (κ2) is 38.9. The van der Waals surface area contributed by atoms with Gasteiger partial charge in [-0.3, -0.25) is 52.9 Å². The van der Waals surface area contributed by atoms with E-state index in [1.54, 1.807) is 30.3 Å². The van der Waals surface area contributed by atoms with Crippen molar-refractivity contribution < 1.29 is 91.4 Å². The van der Waals surface area contributed by atoms with Crippen LogP contribution in [0.4, 0.5) is 13.2 Å². The van der Waals surface area contributed by atoms with Crippen LogP contribution in [-0.4, -0.2) is 146 Å². The second-order valence-electron chi connectivity index (χ2n) is 18.0. The third-order valence-electron chi connectivity index (χ3n) is 11.3. The average Bonchev–Trinajstić information content (AvgIpc) is 3.34. The summed E-state index contributed by atoms with van der Waals surface area (Å²) in [4.78, 5) is 141. The van der Waals surface area contributed by atoms with Crippen LogP contribution in [0.15, 0.2) is 35.3 Å². The Morgan fingerprint density at radius 2 is 0.870 bits per heavy atom. The Morgan fingerprint density at radius 1 is 0.506 bits per heavy atom. The Hall–Kier alpha value is -7.55. The molecule has 0 aliphatic carbocycles. The van der Waals surface area contributed by atoms with E-state index in [2.05, 4.69) is 43.8 Å². The van der Waals surface area contributed by atoms with Gasteiger partial charge in [0.05, 0.1) is 0 Å². The molecule has 0 saturated heterocycles. The molecule has 0 aromatic heterocycles. The maximum absolute atomic E-state index is 13.9. The van der Waals surface area contributed by atoms with Crippen molar-refractivity contribution in [1.82, 2.24) is 31.9 Å². The van der Waals surface area contributed by atoms with E-state index in [9.17, 15) is 81.5 Å². The summed E-state index contributed by atoms with van der Waals surface area (Å²) in [5.41, 5.74) is 11.4. The van der Waals surface area contributed by atoms with Gasteiger partial charge in [-0.1, -0.05) is 101 Å². The van der Waals surface area contributed by atoms with Crippen LogP contribution < -0.4 is 43.4 Å². The summed E-state index contributed by atoms with van der Waals surface area (Å²) in [6.07, 6.45) is 3.02. The van der Waals surface area contributed by atoms with E-state index in [-0.39, 0.29) is 38.2 Å². The molecule has 0 unspecified atom stereocenters. The Labute approximate surface area is 443 Å². The van der Waals surface area contributed by atoms with Gasteiger partial charge in [0.1, 0.15) is 36.3 Å². The largest absolute Gasteiger partial charge is 0.490 e. The van der Waals surface area contributed by atoms with Crippen molar-refractivity contribution in [1.29, 1.82) is 0 Å². The van der Waals surface area contributed by atoms with Gasteiger partial charge in [0.25, 0.3) is 0 Å². The van der Waals surface area contributed by atoms with E-state index in [4.69, 9.17) is 21.4 Å². The number of amides is 6. The highest BCUT2D eigenvalue weighted by molar-refractivity contribution is 5.97. The van der Waals surface area contributed by atoms with Crippen LogP contribution in [0, 0.1) is 0 Å². The number of carboxylic acid groups (broad SMARTS) is 5. The number of aliphatic imine (C=N–C) groups is 1. The van der Waals surface area contributed by atoms with Gasteiger partial charge in [-0.25, -0.2) is 4.79 Å². The Morgan fingerprint density at radius 3 is 1.23 bits per heavy atom. The number of hydrogen-bond donors (Lipinski definition) is 13. The number of hydrogen-bond acceptors (Lipinski definition) is 12. The van der Waals surface area contributed by atoms with Gasteiger partial charge in [-0.05, 0) is 51.0 Å². The molecular formula is C49H76F3N9O16. The van der Waals surface area contributed by atoms with E-state index in [0.29, 0.717) is 12.0 Å². The lowest BCUT2D eigenvalue weighted by Gasteiger charge is -2.27. The highest BCUT2D eigenvalue weighted by Crippen LogP contribution is 2.15. The number of carbonyl (C=O) groups is 11. The van der Waals surface area contributed by atoms with Crippen molar-refractivity contribution in [2.24, 2.45) is 16.5 Å². The molecule has 25 nitrogen and oxygen atoms in total. The van der Waals surface area contributed by atoms with Crippen molar-refractivity contribution in [2.45, 2.75) is 191 Å². The molecular weight excluding hydrogens is 1030 g/mol. The van der Waals surface area contributed by atoms with E-state index in [0.717, 1.165) is 25.7 Å². The van der Waals surface area contributed by atoms with Gasteiger partial charge in [0.15, 0.2) is 5.96 Å². The standard InChI is InChI=1S/C47H75N9O14.C2HF3O2/c1-3-4-5-6-7-8-9-10-11-12-16-21-37(57)52-36(29-31-18-14-13-15-19-31)45(68)56-35(24-27-40(62)63)44(67)55-34(23-26-39(60)61)43(66)54-33(22-25-38(58)59)42(65)53-32(20-17-28-50-47(48)49)41(64)51-30(2)46(69)70;3-2(4,5)1(6)7/h13-15,18-19,30,32-36H,3-12,16-17,20-29H2,1-2H3,(H,51,64)(H,52,57)(H,53,65)(H,54,66)(H,55,67)(H,56,68)(H,58,59)(H,60,61)(H,62,63)(H,69,70)(H4,48,49,50);(H,6,7)/t30-,32-,33-,34-,35-,36-;/m0./s1. The van der Waals surface area contributed by atoms with Crippen molar-refractivity contribution in [3.8, 4) is 0 Å². The number of nitrogens with zero attached hydrogens (tertiary/aromatic N) is 1. The number of aliphatic carboxylic acids is 5. The minimum absolute atomic E-state index is 0.00366. The summed E-state index contributed by atoms with van der Waals surface area (Å²) in [7, 11) is 0. The number of carbonyl (C=O) groups excluding carboxylic acids is 6. The van der Waals surface area contributed by atoms with Gasteiger partial charge in [0, 0.05) is 38.6 Å². The first-order valence-electron chi connectivity index (χ1n) is 25.3. The molecule has 1 aromatic carbocycles. The van der Waals surface area contributed by atoms with Gasteiger partial charge in [-0.15, -0.1) is 0 Å². The highest BCUT2D eigenvalue weighted by Gasteiger charge is 2.38. The normalized spacial score (nSPS) is 13.2. The van der Waals surface area contributed by atoms with Crippen LogP contribution in [0.1, 0.15) is 148 Å². The summed E-state index contributed by atoms with van der Waals surface area (Å²) >= 11 is 0. The zero-order valence-electron chi connectivity index (χ0n) is 43.4. The smallest absolute Gasteiger partial charge is 0.481 e. The fourth-order valence-corrected chi connectivity index (χ4v) is 7.12. The Kier molecular flexibility index (Phi) is 35.1. The zero-order chi connectivity index (χ0) is 58.5. The quantitative estimate of drug-likeness (QED) is 0.0255. The average molecular weight is 1100 g/mol. The number of rotatable bonds is 39. The first kappa shape index (κ1) is 69.5. The molecule has 0 aliphatic rings. The summed E-state index contributed by atoms with van der Waals surface area (Å²) in [5, 5.41) is 59.3. The van der Waals surface area contributed by atoms with E-state index >= 15 is 0 Å². The molecule has 15 N–H and O–H groups in total. The molecule has 28 heteroatoms.